The molecule has 2 N–H and O–H groups in total. The fraction of sp³-hybridized carbons (Fsp3) is 0.231. The Labute approximate surface area is 208 Å². The lowest BCUT2D eigenvalue weighted by molar-refractivity contribution is -0.115. The first-order valence-electron chi connectivity index (χ1n) is 11.6. The van der Waals surface area contributed by atoms with Crippen LogP contribution in [0.4, 0.5) is 11.6 Å². The molecule has 1 aromatic carbocycles. The quantitative estimate of drug-likeness (QED) is 0.428. The number of carbonyl (C=O) groups excluding carboxylic acids is 1. The van der Waals surface area contributed by atoms with E-state index >= 15 is 0 Å². The number of fused-ring (bicyclic) bond motifs is 1. The van der Waals surface area contributed by atoms with Crippen LogP contribution in [0.2, 0.25) is 0 Å². The van der Waals surface area contributed by atoms with Crippen molar-refractivity contribution in [1.29, 1.82) is 5.26 Å². The molecule has 0 atom stereocenters. The van der Waals surface area contributed by atoms with E-state index in [1.807, 2.05) is 12.1 Å². The molecule has 4 aromatic rings. The van der Waals surface area contributed by atoms with Gasteiger partial charge in [0.15, 0.2) is 5.82 Å². The normalized spacial score (nSPS) is 13.3. The Balaban J connectivity index is 1.46. The Bertz CT molecular complexity index is 1460. The van der Waals surface area contributed by atoms with E-state index in [0.29, 0.717) is 34.0 Å². The van der Waals surface area contributed by atoms with Gasteiger partial charge in [0.25, 0.3) is 0 Å². The molecule has 0 bridgehead atoms. The minimum absolute atomic E-state index is 0.131. The van der Waals surface area contributed by atoms with Crippen molar-refractivity contribution in [3.8, 4) is 23.2 Å². The number of carbonyl (C=O) groups is 1. The minimum atomic E-state index is -0.232. The molecule has 1 fully saturated rings. The SMILES string of the molecule is COc1cncc2nc(-c3ccnc(NC(=O)Cc4cccc(C#N)c4)c3)nc(N3CCNCC3)c12. The third kappa shape index (κ3) is 4.92. The molecule has 36 heavy (non-hydrogen) atoms. The van der Waals surface area contributed by atoms with E-state index in [1.165, 1.54) is 0 Å². The van der Waals surface area contributed by atoms with Gasteiger partial charge in [0.1, 0.15) is 17.4 Å². The van der Waals surface area contributed by atoms with Gasteiger partial charge in [-0.15, -0.1) is 0 Å². The van der Waals surface area contributed by atoms with Crippen LogP contribution < -0.4 is 20.3 Å². The van der Waals surface area contributed by atoms with Gasteiger partial charge in [-0.3, -0.25) is 9.78 Å². The van der Waals surface area contributed by atoms with Crippen LogP contribution in [0.3, 0.4) is 0 Å². The summed E-state index contributed by atoms with van der Waals surface area (Å²) < 4.78 is 5.57. The number of hydrogen-bond donors (Lipinski definition) is 2. The van der Waals surface area contributed by atoms with Crippen molar-refractivity contribution in [2.45, 2.75) is 6.42 Å². The third-order valence-corrected chi connectivity index (χ3v) is 5.90. The lowest BCUT2D eigenvalue weighted by Gasteiger charge is -2.29. The van der Waals surface area contributed by atoms with Crippen LogP contribution in [-0.4, -0.2) is 59.1 Å². The van der Waals surface area contributed by atoms with Crippen molar-refractivity contribution in [3.63, 3.8) is 0 Å². The van der Waals surface area contributed by atoms with Crippen molar-refractivity contribution in [1.82, 2.24) is 25.3 Å². The van der Waals surface area contributed by atoms with Crippen LogP contribution in [0, 0.1) is 11.3 Å². The average Bonchev–Trinajstić information content (AvgIpc) is 2.92. The van der Waals surface area contributed by atoms with Gasteiger partial charge in [-0.05, 0) is 29.8 Å². The molecule has 0 radical (unpaired) electrons. The third-order valence-electron chi connectivity index (χ3n) is 5.90. The lowest BCUT2D eigenvalue weighted by Crippen LogP contribution is -2.44. The topological polar surface area (TPSA) is 129 Å². The van der Waals surface area contributed by atoms with Gasteiger partial charge in [-0.25, -0.2) is 15.0 Å². The molecule has 3 aromatic heterocycles. The maximum absolute atomic E-state index is 12.6. The van der Waals surface area contributed by atoms with Gasteiger partial charge in [0.2, 0.25) is 5.91 Å². The molecule has 0 aliphatic carbocycles. The summed E-state index contributed by atoms with van der Waals surface area (Å²) in [5, 5.41) is 16.1. The zero-order chi connectivity index (χ0) is 24.9. The number of pyridine rings is 2. The minimum Gasteiger partial charge on any atom is -0.494 e. The van der Waals surface area contributed by atoms with Crippen molar-refractivity contribution >= 4 is 28.4 Å². The zero-order valence-electron chi connectivity index (χ0n) is 19.7. The predicted molar refractivity (Wildman–Crippen MR) is 136 cm³/mol. The first kappa shape index (κ1) is 23.1. The number of aromatic nitrogens is 4. The van der Waals surface area contributed by atoms with Gasteiger partial charge >= 0.3 is 0 Å². The molecular weight excluding hydrogens is 456 g/mol. The Hall–Kier alpha value is -4.62. The highest BCUT2D eigenvalue weighted by Gasteiger charge is 2.21. The number of anilines is 2. The summed E-state index contributed by atoms with van der Waals surface area (Å²) in [6.07, 6.45) is 5.12. The largest absolute Gasteiger partial charge is 0.494 e. The number of ether oxygens (including phenoxy) is 1. The summed E-state index contributed by atoms with van der Waals surface area (Å²) in [5.41, 5.74) is 2.66. The Kier molecular flexibility index (Phi) is 6.64. The summed E-state index contributed by atoms with van der Waals surface area (Å²) >= 11 is 0. The van der Waals surface area contributed by atoms with Crippen LogP contribution in [-0.2, 0) is 11.2 Å². The number of nitrogens with zero attached hydrogens (tertiary/aromatic N) is 6. The van der Waals surface area contributed by atoms with Crippen molar-refractivity contribution < 1.29 is 9.53 Å². The first-order chi connectivity index (χ1) is 17.6. The summed E-state index contributed by atoms with van der Waals surface area (Å²) in [6, 6.07) is 12.6. The molecule has 1 aliphatic rings. The van der Waals surface area contributed by atoms with Gasteiger partial charge < -0.3 is 20.3 Å². The zero-order valence-corrected chi connectivity index (χ0v) is 19.7. The fourth-order valence-corrected chi connectivity index (χ4v) is 4.19. The second-order valence-electron chi connectivity index (χ2n) is 8.31. The van der Waals surface area contributed by atoms with Crippen LogP contribution in [0.15, 0.2) is 55.0 Å². The van der Waals surface area contributed by atoms with Crippen molar-refractivity contribution in [2.75, 3.05) is 43.5 Å². The van der Waals surface area contributed by atoms with E-state index in [9.17, 15) is 4.79 Å². The Morgan fingerprint density at radius 1 is 1.19 bits per heavy atom. The second kappa shape index (κ2) is 10.3. The van der Waals surface area contributed by atoms with Gasteiger partial charge in [-0.2, -0.15) is 5.26 Å². The number of amides is 1. The maximum Gasteiger partial charge on any atom is 0.229 e. The summed E-state index contributed by atoms with van der Waals surface area (Å²) in [4.78, 5) is 33.1. The molecule has 0 unspecified atom stereocenters. The van der Waals surface area contributed by atoms with Crippen LogP contribution in [0.25, 0.3) is 22.3 Å². The van der Waals surface area contributed by atoms with Crippen LogP contribution in [0.5, 0.6) is 5.75 Å². The number of hydrogen-bond acceptors (Lipinski definition) is 9. The monoisotopic (exact) mass is 480 g/mol. The van der Waals surface area contributed by atoms with Gasteiger partial charge in [0.05, 0.1) is 48.5 Å². The van der Waals surface area contributed by atoms with E-state index in [0.717, 1.165) is 42.9 Å². The number of nitrogens with one attached hydrogen (secondary N) is 2. The second-order valence-corrected chi connectivity index (χ2v) is 8.31. The number of rotatable bonds is 6. The molecule has 1 saturated heterocycles. The van der Waals surface area contributed by atoms with E-state index < -0.39 is 0 Å². The van der Waals surface area contributed by atoms with E-state index in [1.54, 1.807) is 50.0 Å². The summed E-state index contributed by atoms with van der Waals surface area (Å²) in [5.74, 6) is 2.08. The first-order valence-corrected chi connectivity index (χ1v) is 11.6. The average molecular weight is 481 g/mol. The highest BCUT2D eigenvalue weighted by Crippen LogP contribution is 2.34. The Morgan fingerprint density at radius 2 is 2.06 bits per heavy atom. The molecule has 1 amide bonds. The molecule has 10 heteroatoms. The van der Waals surface area contributed by atoms with Crippen molar-refractivity contribution in [3.05, 3.63) is 66.1 Å². The molecule has 0 spiro atoms. The number of nitriles is 1. The summed E-state index contributed by atoms with van der Waals surface area (Å²) in [6.45, 7) is 3.33. The van der Waals surface area contributed by atoms with Gasteiger partial charge in [0, 0.05) is 37.9 Å². The highest BCUT2D eigenvalue weighted by atomic mass is 16.5. The molecule has 180 valence electrons. The lowest BCUT2D eigenvalue weighted by atomic mass is 10.1. The maximum atomic E-state index is 12.6. The standard InChI is InChI=1S/C26H24N8O2/c1-36-21-16-29-15-20-24(21)26(34-9-7-28-8-10-34)33-25(31-20)19-5-6-30-22(13-19)32-23(35)12-17-3-2-4-18(11-17)14-27/h2-6,11,13,15-16,28H,7-10,12H2,1H3,(H,30,32,35). The van der Waals surface area contributed by atoms with E-state index in [-0.39, 0.29) is 12.3 Å². The predicted octanol–water partition coefficient (Wildman–Crippen LogP) is 2.56. The summed E-state index contributed by atoms with van der Waals surface area (Å²) in [7, 11) is 1.61. The smallest absolute Gasteiger partial charge is 0.229 e. The molecule has 5 rings (SSSR count). The molecule has 1 aliphatic heterocycles. The van der Waals surface area contributed by atoms with E-state index in [4.69, 9.17) is 20.0 Å². The Morgan fingerprint density at radius 3 is 2.86 bits per heavy atom. The van der Waals surface area contributed by atoms with Crippen LogP contribution in [0.1, 0.15) is 11.1 Å². The highest BCUT2D eigenvalue weighted by molar-refractivity contribution is 5.96. The molecule has 0 saturated carbocycles. The molecule has 10 nitrogen and oxygen atoms in total. The van der Waals surface area contributed by atoms with Gasteiger partial charge in [-0.1, -0.05) is 12.1 Å². The number of methoxy groups -OCH3 is 1. The van der Waals surface area contributed by atoms with Crippen LogP contribution >= 0.6 is 0 Å². The van der Waals surface area contributed by atoms with E-state index in [2.05, 4.69) is 31.6 Å². The molecular formula is C26H24N8O2. The molecule has 4 heterocycles. The number of piperazine rings is 1. The van der Waals surface area contributed by atoms with Crippen molar-refractivity contribution in [2.24, 2.45) is 0 Å². The fourth-order valence-electron chi connectivity index (χ4n) is 4.19. The number of benzene rings is 1.